The Kier molecular flexibility index (Phi) is 3.19. The van der Waals surface area contributed by atoms with Gasteiger partial charge in [0.15, 0.2) is 0 Å². The van der Waals surface area contributed by atoms with Gasteiger partial charge >= 0.3 is 5.97 Å². The van der Waals surface area contributed by atoms with Gasteiger partial charge in [-0.15, -0.1) is 0 Å². The SMILES string of the molecule is Cc1cnn(CCn2cc(Cl)cc2C(=O)O)c1. The van der Waals surface area contributed by atoms with Gasteiger partial charge in [0, 0.05) is 18.9 Å². The zero-order valence-electron chi connectivity index (χ0n) is 9.30. The van der Waals surface area contributed by atoms with Crippen molar-refractivity contribution in [2.45, 2.75) is 20.0 Å². The van der Waals surface area contributed by atoms with Crippen LogP contribution in [0, 0.1) is 6.92 Å². The van der Waals surface area contributed by atoms with Gasteiger partial charge < -0.3 is 9.67 Å². The van der Waals surface area contributed by atoms with Crippen molar-refractivity contribution < 1.29 is 9.90 Å². The Balaban J connectivity index is 2.11. The molecule has 5 nitrogen and oxygen atoms in total. The number of rotatable bonds is 4. The molecule has 0 radical (unpaired) electrons. The third-order valence-electron chi connectivity index (χ3n) is 2.41. The lowest BCUT2D eigenvalue weighted by atomic mass is 10.4. The molecule has 2 heterocycles. The highest BCUT2D eigenvalue weighted by Gasteiger charge is 2.11. The maximum atomic E-state index is 10.9. The maximum absolute atomic E-state index is 10.9. The Morgan fingerprint density at radius 1 is 1.47 bits per heavy atom. The molecule has 0 saturated carbocycles. The fourth-order valence-corrected chi connectivity index (χ4v) is 1.86. The first-order valence-corrected chi connectivity index (χ1v) is 5.52. The number of carbonyl (C=O) groups is 1. The Labute approximate surface area is 103 Å². The fourth-order valence-electron chi connectivity index (χ4n) is 1.64. The molecule has 0 atom stereocenters. The van der Waals surface area contributed by atoms with Crippen LogP contribution in [-0.2, 0) is 13.1 Å². The van der Waals surface area contributed by atoms with Gasteiger partial charge in [-0.25, -0.2) is 4.79 Å². The molecule has 0 amide bonds. The lowest BCUT2D eigenvalue weighted by Gasteiger charge is -2.06. The summed E-state index contributed by atoms with van der Waals surface area (Å²) in [5.74, 6) is -0.978. The third kappa shape index (κ3) is 2.68. The minimum atomic E-state index is -0.978. The molecule has 2 aromatic heterocycles. The number of carboxylic acids is 1. The predicted molar refractivity (Wildman–Crippen MR) is 63.4 cm³/mol. The fraction of sp³-hybridized carbons (Fsp3) is 0.273. The van der Waals surface area contributed by atoms with Crippen molar-refractivity contribution in [2.24, 2.45) is 0 Å². The third-order valence-corrected chi connectivity index (χ3v) is 2.62. The first-order chi connectivity index (χ1) is 8.06. The summed E-state index contributed by atoms with van der Waals surface area (Å²) in [6.45, 7) is 3.09. The van der Waals surface area contributed by atoms with Crippen LogP contribution in [0.1, 0.15) is 16.1 Å². The Bertz CT molecular complexity index is 545. The number of nitrogens with zero attached hydrogens (tertiary/aromatic N) is 3. The van der Waals surface area contributed by atoms with Crippen molar-refractivity contribution in [3.63, 3.8) is 0 Å². The molecule has 0 fully saturated rings. The summed E-state index contributed by atoms with van der Waals surface area (Å²) in [5, 5.41) is 13.5. The van der Waals surface area contributed by atoms with Crippen LogP contribution in [0.15, 0.2) is 24.7 Å². The van der Waals surface area contributed by atoms with Gasteiger partial charge in [0.25, 0.3) is 0 Å². The number of hydrogen-bond acceptors (Lipinski definition) is 2. The van der Waals surface area contributed by atoms with E-state index in [1.807, 2.05) is 13.1 Å². The van der Waals surface area contributed by atoms with E-state index < -0.39 is 5.97 Å². The van der Waals surface area contributed by atoms with Gasteiger partial charge in [0.1, 0.15) is 5.69 Å². The van der Waals surface area contributed by atoms with E-state index in [1.165, 1.54) is 6.07 Å². The normalized spacial score (nSPS) is 10.7. The second-order valence-corrected chi connectivity index (χ2v) is 4.26. The largest absolute Gasteiger partial charge is 0.477 e. The van der Waals surface area contributed by atoms with Gasteiger partial charge in [-0.2, -0.15) is 5.10 Å². The standard InChI is InChI=1S/C11H12ClN3O2/c1-8-5-13-15(6-8)3-2-14-7-9(12)4-10(14)11(16)17/h4-7H,2-3H2,1H3,(H,16,17). The molecule has 0 aliphatic carbocycles. The highest BCUT2D eigenvalue weighted by atomic mass is 35.5. The van der Waals surface area contributed by atoms with Crippen molar-refractivity contribution in [1.29, 1.82) is 0 Å². The van der Waals surface area contributed by atoms with Crippen LogP contribution in [0.3, 0.4) is 0 Å². The maximum Gasteiger partial charge on any atom is 0.352 e. The van der Waals surface area contributed by atoms with Crippen LogP contribution in [0.25, 0.3) is 0 Å². The van der Waals surface area contributed by atoms with Crippen LogP contribution in [0.4, 0.5) is 0 Å². The van der Waals surface area contributed by atoms with E-state index >= 15 is 0 Å². The van der Waals surface area contributed by atoms with Crippen molar-refractivity contribution in [3.8, 4) is 0 Å². The van der Waals surface area contributed by atoms with E-state index in [0.29, 0.717) is 18.1 Å². The highest BCUT2D eigenvalue weighted by molar-refractivity contribution is 6.30. The molecule has 90 valence electrons. The minimum Gasteiger partial charge on any atom is -0.477 e. The molecule has 2 aromatic rings. The van der Waals surface area contributed by atoms with E-state index in [0.717, 1.165) is 5.56 Å². The molecule has 0 aliphatic heterocycles. The van der Waals surface area contributed by atoms with Crippen LogP contribution in [0.5, 0.6) is 0 Å². The van der Waals surface area contributed by atoms with E-state index in [2.05, 4.69) is 5.10 Å². The van der Waals surface area contributed by atoms with Gasteiger partial charge in [-0.3, -0.25) is 4.68 Å². The second-order valence-electron chi connectivity index (χ2n) is 3.82. The van der Waals surface area contributed by atoms with Gasteiger partial charge in [-0.1, -0.05) is 11.6 Å². The molecule has 0 unspecified atom stereocenters. The smallest absolute Gasteiger partial charge is 0.352 e. The Hall–Kier alpha value is -1.75. The monoisotopic (exact) mass is 253 g/mol. The van der Waals surface area contributed by atoms with Crippen molar-refractivity contribution in [2.75, 3.05) is 0 Å². The Morgan fingerprint density at radius 2 is 2.24 bits per heavy atom. The molecule has 1 N–H and O–H groups in total. The molecule has 0 spiro atoms. The number of hydrogen-bond donors (Lipinski definition) is 1. The summed E-state index contributed by atoms with van der Waals surface area (Å²) in [4.78, 5) is 10.9. The highest BCUT2D eigenvalue weighted by Crippen LogP contribution is 2.14. The summed E-state index contributed by atoms with van der Waals surface area (Å²) < 4.78 is 3.39. The summed E-state index contributed by atoms with van der Waals surface area (Å²) in [7, 11) is 0. The molecule has 0 aliphatic rings. The molecule has 6 heteroatoms. The molecule has 2 rings (SSSR count). The predicted octanol–water partition coefficient (Wildman–Crippen LogP) is 2.04. The van der Waals surface area contributed by atoms with Gasteiger partial charge in [0.2, 0.25) is 0 Å². The van der Waals surface area contributed by atoms with Crippen LogP contribution >= 0.6 is 11.6 Å². The lowest BCUT2D eigenvalue weighted by molar-refractivity contribution is 0.0684. The quantitative estimate of drug-likeness (QED) is 0.907. The average molecular weight is 254 g/mol. The minimum absolute atomic E-state index is 0.193. The van der Waals surface area contributed by atoms with E-state index in [-0.39, 0.29) is 5.69 Å². The van der Waals surface area contributed by atoms with Crippen LogP contribution < -0.4 is 0 Å². The number of aromatic nitrogens is 3. The number of carboxylic acid groups (broad SMARTS) is 1. The van der Waals surface area contributed by atoms with Crippen LogP contribution in [-0.4, -0.2) is 25.4 Å². The number of aromatic carboxylic acids is 1. The molecular formula is C11H12ClN3O2. The molecule has 0 bridgehead atoms. The van der Waals surface area contributed by atoms with E-state index in [9.17, 15) is 4.79 Å². The van der Waals surface area contributed by atoms with Crippen LogP contribution in [0.2, 0.25) is 5.02 Å². The first-order valence-electron chi connectivity index (χ1n) is 5.14. The van der Waals surface area contributed by atoms with Crippen molar-refractivity contribution >= 4 is 17.6 Å². The summed E-state index contributed by atoms with van der Waals surface area (Å²) in [6, 6.07) is 1.44. The van der Waals surface area contributed by atoms with Crippen molar-refractivity contribution in [3.05, 3.63) is 40.9 Å². The first kappa shape index (κ1) is 11.7. The van der Waals surface area contributed by atoms with Crippen molar-refractivity contribution in [1.82, 2.24) is 14.3 Å². The molecule has 17 heavy (non-hydrogen) atoms. The van der Waals surface area contributed by atoms with Gasteiger partial charge in [-0.05, 0) is 18.6 Å². The molecule has 0 saturated heterocycles. The summed E-state index contributed by atoms with van der Waals surface area (Å²) in [5.41, 5.74) is 1.27. The number of aryl methyl sites for hydroxylation is 3. The lowest BCUT2D eigenvalue weighted by Crippen LogP contribution is -2.12. The topological polar surface area (TPSA) is 60.0 Å². The summed E-state index contributed by atoms with van der Waals surface area (Å²) in [6.07, 6.45) is 5.29. The van der Waals surface area contributed by atoms with E-state index in [1.54, 1.807) is 21.6 Å². The van der Waals surface area contributed by atoms with E-state index in [4.69, 9.17) is 16.7 Å². The number of halogens is 1. The average Bonchev–Trinajstić information content (AvgIpc) is 2.82. The second kappa shape index (κ2) is 4.63. The molecular weight excluding hydrogens is 242 g/mol. The molecule has 0 aromatic carbocycles. The zero-order chi connectivity index (χ0) is 12.4. The zero-order valence-corrected chi connectivity index (χ0v) is 10.1. The van der Waals surface area contributed by atoms with Gasteiger partial charge in [0.05, 0.1) is 17.8 Å². The Morgan fingerprint density at radius 3 is 2.82 bits per heavy atom. The summed E-state index contributed by atoms with van der Waals surface area (Å²) >= 11 is 5.79.